The third kappa shape index (κ3) is 4.69. The van der Waals surface area contributed by atoms with Crippen LogP contribution >= 0.6 is 23.2 Å². The summed E-state index contributed by atoms with van der Waals surface area (Å²) < 4.78 is 11.9. The van der Waals surface area contributed by atoms with E-state index in [1.165, 1.54) is 0 Å². The highest BCUT2D eigenvalue weighted by molar-refractivity contribution is 6.35. The van der Waals surface area contributed by atoms with Crippen molar-refractivity contribution >= 4 is 45.9 Å². The van der Waals surface area contributed by atoms with Crippen LogP contribution in [-0.4, -0.2) is 52.9 Å². The van der Waals surface area contributed by atoms with Gasteiger partial charge in [-0.15, -0.1) is 0 Å². The second-order valence-corrected chi connectivity index (χ2v) is 11.8. The molecule has 0 bridgehead atoms. The molecule has 1 N–H and O–H groups in total. The highest BCUT2D eigenvalue weighted by Crippen LogP contribution is 2.49. The Morgan fingerprint density at radius 1 is 1.00 bits per heavy atom. The molecule has 218 valence electrons. The molecule has 2 aliphatic heterocycles. The molecule has 0 spiro atoms. The van der Waals surface area contributed by atoms with Crippen molar-refractivity contribution < 1.29 is 19.1 Å². The molecule has 1 fully saturated rings. The molecule has 7 nitrogen and oxygen atoms in total. The lowest BCUT2D eigenvalue weighted by molar-refractivity contribution is -0.166. The smallest absolute Gasteiger partial charge is 0.255 e. The van der Waals surface area contributed by atoms with Gasteiger partial charge in [0.15, 0.2) is 17.0 Å². The van der Waals surface area contributed by atoms with Gasteiger partial charge in [0.05, 0.1) is 18.9 Å². The van der Waals surface area contributed by atoms with Crippen molar-refractivity contribution in [3.05, 3.63) is 93.1 Å². The van der Waals surface area contributed by atoms with Crippen molar-refractivity contribution in [2.75, 3.05) is 26.3 Å². The molecule has 0 aliphatic carbocycles. The van der Waals surface area contributed by atoms with Gasteiger partial charge in [0.1, 0.15) is 6.54 Å². The maximum Gasteiger partial charge on any atom is 0.255 e. The highest BCUT2D eigenvalue weighted by atomic mass is 35.5. The minimum absolute atomic E-state index is 0.0380. The molecule has 0 unspecified atom stereocenters. The molecule has 3 aromatic carbocycles. The minimum Gasteiger partial charge on any atom is -0.490 e. The van der Waals surface area contributed by atoms with Gasteiger partial charge in [-0.25, -0.2) is 0 Å². The number of piperazine rings is 1. The van der Waals surface area contributed by atoms with Crippen molar-refractivity contribution in [1.29, 1.82) is 0 Å². The number of benzene rings is 3. The van der Waals surface area contributed by atoms with Crippen molar-refractivity contribution in [3.63, 3.8) is 0 Å². The molecule has 2 atom stereocenters. The van der Waals surface area contributed by atoms with Crippen molar-refractivity contribution in [3.8, 4) is 11.5 Å². The predicted octanol–water partition coefficient (Wildman–Crippen LogP) is 6.89. The summed E-state index contributed by atoms with van der Waals surface area (Å²) >= 11 is 12.6. The lowest BCUT2D eigenvalue weighted by Gasteiger charge is -2.51. The quantitative estimate of drug-likeness (QED) is 0.237. The Hall–Kier alpha value is -3.68. The summed E-state index contributed by atoms with van der Waals surface area (Å²) in [5, 5.41) is 2.00. The number of aromatic nitrogens is 1. The Bertz CT molecular complexity index is 1690. The highest BCUT2D eigenvalue weighted by Gasteiger charge is 2.56. The van der Waals surface area contributed by atoms with E-state index in [1.807, 2.05) is 50.2 Å². The van der Waals surface area contributed by atoms with E-state index in [4.69, 9.17) is 32.7 Å². The number of nitrogens with one attached hydrogen (secondary N) is 1. The molecule has 9 heteroatoms. The number of hydrogen-bond acceptors (Lipinski definition) is 4. The Morgan fingerprint density at radius 3 is 2.57 bits per heavy atom. The number of halogens is 2. The van der Waals surface area contributed by atoms with Crippen LogP contribution in [0.1, 0.15) is 55.5 Å². The van der Waals surface area contributed by atoms with Gasteiger partial charge in [0, 0.05) is 40.0 Å². The predicted molar refractivity (Wildman–Crippen MR) is 164 cm³/mol. The second-order valence-electron chi connectivity index (χ2n) is 11.0. The first-order chi connectivity index (χ1) is 20.3. The minimum atomic E-state index is -1.22. The van der Waals surface area contributed by atoms with Crippen LogP contribution in [0.3, 0.4) is 0 Å². The molecule has 0 saturated carbocycles. The van der Waals surface area contributed by atoms with Crippen LogP contribution in [-0.2, 0) is 21.7 Å². The van der Waals surface area contributed by atoms with Crippen molar-refractivity contribution in [2.45, 2.75) is 45.2 Å². The Balaban J connectivity index is 1.46. The van der Waals surface area contributed by atoms with E-state index < -0.39 is 5.54 Å². The van der Waals surface area contributed by atoms with E-state index in [0.717, 1.165) is 39.7 Å². The summed E-state index contributed by atoms with van der Waals surface area (Å²) in [6, 6.07) is 19.2. The lowest BCUT2D eigenvalue weighted by Crippen LogP contribution is -2.67. The largest absolute Gasteiger partial charge is 0.490 e. The van der Waals surface area contributed by atoms with Crippen molar-refractivity contribution in [2.24, 2.45) is 0 Å². The molecule has 6 rings (SSSR count). The van der Waals surface area contributed by atoms with Crippen molar-refractivity contribution in [1.82, 2.24) is 14.8 Å². The van der Waals surface area contributed by atoms with Crippen LogP contribution < -0.4 is 9.47 Å². The van der Waals surface area contributed by atoms with E-state index >= 15 is 0 Å². The number of nitrogens with zero attached hydrogens (tertiary/aromatic N) is 2. The number of para-hydroxylation sites is 1. The van der Waals surface area contributed by atoms with Gasteiger partial charge in [-0.3, -0.25) is 9.59 Å². The van der Waals surface area contributed by atoms with Crippen LogP contribution in [0.5, 0.6) is 11.5 Å². The van der Waals surface area contributed by atoms with Gasteiger partial charge in [-0.05, 0) is 67.3 Å². The number of rotatable bonds is 8. The summed E-state index contributed by atoms with van der Waals surface area (Å²) in [6.45, 7) is 7.47. The summed E-state index contributed by atoms with van der Waals surface area (Å²) in [5.41, 5.74) is 3.17. The summed E-state index contributed by atoms with van der Waals surface area (Å²) in [5.74, 6) is 0.910. The number of ether oxygens (including phenoxy) is 2. The lowest BCUT2D eigenvalue weighted by atomic mass is 9.76. The number of fused-ring (bicyclic) bond motifs is 5. The number of aromatic amines is 1. The molecule has 1 aromatic heterocycles. The van der Waals surface area contributed by atoms with E-state index in [1.54, 1.807) is 28.0 Å². The summed E-state index contributed by atoms with van der Waals surface area (Å²) in [7, 11) is 0. The first kappa shape index (κ1) is 28.4. The number of carbonyl (C=O) groups is 2. The Labute approximate surface area is 255 Å². The summed E-state index contributed by atoms with van der Waals surface area (Å²) in [4.78, 5) is 35.1. The Morgan fingerprint density at radius 2 is 1.81 bits per heavy atom. The van der Waals surface area contributed by atoms with Crippen LogP contribution in [0, 0.1) is 0 Å². The third-order valence-electron chi connectivity index (χ3n) is 8.33. The van der Waals surface area contributed by atoms with E-state index in [9.17, 15) is 9.59 Å². The molecule has 3 heterocycles. The normalized spacial score (nSPS) is 20.1. The van der Waals surface area contributed by atoms with Crippen LogP contribution in [0.2, 0.25) is 10.0 Å². The van der Waals surface area contributed by atoms with Gasteiger partial charge >= 0.3 is 0 Å². The zero-order chi connectivity index (χ0) is 29.6. The zero-order valence-corrected chi connectivity index (χ0v) is 25.4. The first-order valence-electron chi connectivity index (χ1n) is 14.3. The van der Waals surface area contributed by atoms with Gasteiger partial charge in [0.25, 0.3) is 5.91 Å². The average molecular weight is 607 g/mol. The fourth-order valence-electron chi connectivity index (χ4n) is 6.30. The van der Waals surface area contributed by atoms with Gasteiger partial charge < -0.3 is 24.3 Å². The third-order valence-corrected chi connectivity index (χ3v) is 8.91. The average Bonchev–Trinajstić information content (AvgIpc) is 3.37. The molecule has 2 aliphatic rings. The number of H-pyrrole nitrogens is 1. The molecular weight excluding hydrogens is 573 g/mol. The Kier molecular flexibility index (Phi) is 7.58. The van der Waals surface area contributed by atoms with Crippen LogP contribution in [0.25, 0.3) is 10.9 Å². The number of hydrogen-bond donors (Lipinski definition) is 1. The topological polar surface area (TPSA) is 74.9 Å². The number of amides is 2. The number of carbonyl (C=O) groups excluding carboxylic acids is 2. The van der Waals surface area contributed by atoms with Crippen LogP contribution in [0.15, 0.2) is 60.7 Å². The monoisotopic (exact) mass is 605 g/mol. The molecule has 42 heavy (non-hydrogen) atoms. The van der Waals surface area contributed by atoms with Gasteiger partial charge in [-0.1, -0.05) is 60.5 Å². The SMILES string of the molecule is CCCOc1ccc([C@@H]2CN3C(=O)CN(Cc4ccc(Cl)cc4Cl)C(=O)[C@]3(C)c3[nH]c4ccccc4c32)cc1OCC. The van der Waals surface area contributed by atoms with E-state index in [0.29, 0.717) is 41.3 Å². The molecule has 1 saturated heterocycles. The van der Waals surface area contributed by atoms with Gasteiger partial charge in [-0.2, -0.15) is 0 Å². The molecule has 2 amide bonds. The standard InChI is InChI=1S/C33H33Cl2N3O4/c1-4-14-42-27-13-11-20(15-28(27)41-5-2)24-18-38-29(39)19-37(17-21-10-12-22(34)16-25(21)35)32(40)33(38,3)31-30(24)23-8-6-7-9-26(23)36-31/h6-13,15-16,24,36H,4-5,14,17-19H2,1-3H3/t24-,33-/m0/s1. The first-order valence-corrected chi connectivity index (χ1v) is 15.1. The second kappa shape index (κ2) is 11.2. The molecular formula is C33H33Cl2N3O4. The van der Waals surface area contributed by atoms with Gasteiger partial charge in [0.2, 0.25) is 5.91 Å². The van der Waals surface area contributed by atoms with E-state index in [-0.39, 0.29) is 30.8 Å². The molecule has 0 radical (unpaired) electrons. The fourth-order valence-corrected chi connectivity index (χ4v) is 6.77. The maximum atomic E-state index is 14.4. The van der Waals surface area contributed by atoms with E-state index in [2.05, 4.69) is 18.0 Å². The molecule has 4 aromatic rings. The maximum absolute atomic E-state index is 14.4. The summed E-state index contributed by atoms with van der Waals surface area (Å²) in [6.07, 6.45) is 0.888. The fraction of sp³-hybridized carbons (Fsp3) is 0.333. The van der Waals surface area contributed by atoms with Crippen LogP contribution in [0.4, 0.5) is 0 Å². The zero-order valence-electron chi connectivity index (χ0n) is 23.9.